The predicted molar refractivity (Wildman–Crippen MR) is 123 cm³/mol. The zero-order chi connectivity index (χ0) is 21.7. The summed E-state index contributed by atoms with van der Waals surface area (Å²) in [6.45, 7) is 1.61. The number of hydrogen-bond acceptors (Lipinski definition) is 5. The second-order valence-electron chi connectivity index (χ2n) is 7.53. The number of thioether (sulfide) groups is 1. The van der Waals surface area contributed by atoms with Crippen LogP contribution < -0.4 is 0 Å². The molecule has 2 aromatic carbocycles. The number of rotatable bonds is 8. The van der Waals surface area contributed by atoms with E-state index in [-0.39, 0.29) is 11.7 Å². The first-order valence-electron chi connectivity index (χ1n) is 10.4. The van der Waals surface area contributed by atoms with Gasteiger partial charge in [-0.1, -0.05) is 54.2 Å². The molecule has 2 heterocycles. The van der Waals surface area contributed by atoms with Crippen molar-refractivity contribution in [3.05, 3.63) is 60.2 Å². The number of nitrogens with one attached hydrogen (secondary N) is 1. The summed E-state index contributed by atoms with van der Waals surface area (Å²) in [5.74, 6) is 0.892. The lowest BCUT2D eigenvalue weighted by molar-refractivity contribution is -0.132. The Hall–Kier alpha value is -2.36. The normalized spacial score (nSPS) is 15.4. The van der Waals surface area contributed by atoms with Gasteiger partial charge in [-0.05, 0) is 24.1 Å². The van der Waals surface area contributed by atoms with Crippen LogP contribution in [0.2, 0.25) is 0 Å². The van der Waals surface area contributed by atoms with Crippen molar-refractivity contribution in [3.8, 4) is 0 Å². The molecule has 0 saturated carbocycles. The van der Waals surface area contributed by atoms with E-state index < -0.39 is 10.0 Å². The molecule has 1 saturated heterocycles. The van der Waals surface area contributed by atoms with Crippen LogP contribution in [-0.4, -0.2) is 65.4 Å². The topological polar surface area (TPSA) is 86.4 Å². The van der Waals surface area contributed by atoms with Crippen LogP contribution in [0.5, 0.6) is 0 Å². The van der Waals surface area contributed by atoms with Crippen LogP contribution >= 0.6 is 11.8 Å². The number of nitrogens with zero attached hydrogens (tertiary/aromatic N) is 3. The number of aromatic nitrogens is 2. The standard InChI is InChI=1S/C22H26N4O3S2/c27-21(11-6-16-30-22-23-19-9-4-5-10-20(19)24-22)25-12-14-26(15-13-25)31(28,29)17-18-7-2-1-3-8-18/h1-5,7-10H,6,11-17H2,(H,23,24). The highest BCUT2D eigenvalue weighted by atomic mass is 32.2. The van der Waals surface area contributed by atoms with Gasteiger partial charge in [-0.25, -0.2) is 13.4 Å². The average Bonchev–Trinajstić information content (AvgIpc) is 3.20. The van der Waals surface area contributed by atoms with E-state index in [4.69, 9.17) is 0 Å². The Labute approximate surface area is 186 Å². The van der Waals surface area contributed by atoms with Crippen LogP contribution in [0.1, 0.15) is 18.4 Å². The SMILES string of the molecule is O=C(CCCSc1nc2ccccc2[nH]1)N1CCN(S(=O)(=O)Cc2ccccc2)CC1. The number of carbonyl (C=O) groups is 1. The largest absolute Gasteiger partial charge is 0.340 e. The van der Waals surface area contributed by atoms with Gasteiger partial charge >= 0.3 is 0 Å². The summed E-state index contributed by atoms with van der Waals surface area (Å²) >= 11 is 1.61. The Morgan fingerprint density at radius 3 is 2.45 bits per heavy atom. The summed E-state index contributed by atoms with van der Waals surface area (Å²) in [7, 11) is -3.37. The van der Waals surface area contributed by atoms with E-state index in [0.29, 0.717) is 32.6 Å². The van der Waals surface area contributed by atoms with Gasteiger partial charge in [0.2, 0.25) is 15.9 Å². The first-order chi connectivity index (χ1) is 15.0. The molecule has 0 unspecified atom stereocenters. The number of amides is 1. The summed E-state index contributed by atoms with van der Waals surface area (Å²) < 4.78 is 26.8. The van der Waals surface area contributed by atoms with E-state index in [9.17, 15) is 13.2 Å². The maximum Gasteiger partial charge on any atom is 0.222 e. The van der Waals surface area contributed by atoms with E-state index in [2.05, 4.69) is 9.97 Å². The molecule has 1 aromatic heterocycles. The predicted octanol–water partition coefficient (Wildman–Crippen LogP) is 3.11. The lowest BCUT2D eigenvalue weighted by Crippen LogP contribution is -2.50. The Morgan fingerprint density at radius 1 is 1.00 bits per heavy atom. The second kappa shape index (κ2) is 9.84. The minimum absolute atomic E-state index is 0.000794. The Bertz CT molecular complexity index is 1090. The molecule has 4 rings (SSSR count). The fourth-order valence-electron chi connectivity index (χ4n) is 3.64. The number of hydrogen-bond donors (Lipinski definition) is 1. The van der Waals surface area contributed by atoms with Gasteiger partial charge in [0.05, 0.1) is 16.8 Å². The van der Waals surface area contributed by atoms with E-state index in [0.717, 1.165) is 33.9 Å². The number of sulfonamides is 1. The Kier molecular flexibility index (Phi) is 6.94. The fourth-order valence-corrected chi connectivity index (χ4v) is 5.98. The zero-order valence-corrected chi connectivity index (χ0v) is 18.9. The molecule has 1 amide bonds. The first kappa shape index (κ1) is 21.9. The van der Waals surface area contributed by atoms with Crippen LogP contribution in [0.4, 0.5) is 0 Å². The molecule has 0 spiro atoms. The van der Waals surface area contributed by atoms with Crippen molar-refractivity contribution in [2.75, 3.05) is 31.9 Å². The minimum Gasteiger partial charge on any atom is -0.340 e. The summed E-state index contributed by atoms with van der Waals surface area (Å²) in [5.41, 5.74) is 2.74. The number of fused-ring (bicyclic) bond motifs is 1. The molecular weight excluding hydrogens is 432 g/mol. The minimum atomic E-state index is -3.37. The van der Waals surface area contributed by atoms with Gasteiger partial charge in [0.25, 0.3) is 0 Å². The van der Waals surface area contributed by atoms with Crippen molar-refractivity contribution < 1.29 is 13.2 Å². The van der Waals surface area contributed by atoms with Gasteiger partial charge in [-0.15, -0.1) is 0 Å². The van der Waals surface area contributed by atoms with Gasteiger partial charge in [0, 0.05) is 38.4 Å². The summed E-state index contributed by atoms with van der Waals surface area (Å²) in [5, 5.41) is 0.867. The monoisotopic (exact) mass is 458 g/mol. The molecule has 1 fully saturated rings. The second-order valence-corrected chi connectivity index (χ2v) is 10.6. The molecule has 1 aliphatic heterocycles. The maximum absolute atomic E-state index is 12.7. The van der Waals surface area contributed by atoms with Crippen LogP contribution in [0.3, 0.4) is 0 Å². The third-order valence-corrected chi connectivity index (χ3v) is 8.13. The molecule has 164 valence electrons. The molecule has 3 aromatic rings. The molecular formula is C22H26N4O3S2. The van der Waals surface area contributed by atoms with E-state index >= 15 is 0 Å². The molecule has 0 aliphatic carbocycles. The molecule has 9 heteroatoms. The van der Waals surface area contributed by atoms with Crippen LogP contribution in [-0.2, 0) is 20.6 Å². The highest BCUT2D eigenvalue weighted by Crippen LogP contribution is 2.20. The number of imidazole rings is 1. The number of para-hydroxylation sites is 2. The number of aromatic amines is 1. The summed E-state index contributed by atoms with van der Waals surface area (Å²) in [6, 6.07) is 17.1. The van der Waals surface area contributed by atoms with E-state index in [1.54, 1.807) is 16.7 Å². The number of benzene rings is 2. The van der Waals surface area contributed by atoms with Crippen molar-refractivity contribution in [3.63, 3.8) is 0 Å². The molecule has 7 nitrogen and oxygen atoms in total. The van der Waals surface area contributed by atoms with E-state index in [1.165, 1.54) is 4.31 Å². The van der Waals surface area contributed by atoms with Crippen molar-refractivity contribution in [1.82, 2.24) is 19.2 Å². The summed E-state index contributed by atoms with van der Waals surface area (Å²) in [6.07, 6.45) is 1.22. The van der Waals surface area contributed by atoms with Crippen LogP contribution in [0.15, 0.2) is 59.8 Å². The third kappa shape index (κ3) is 5.66. The van der Waals surface area contributed by atoms with Crippen molar-refractivity contribution in [1.29, 1.82) is 0 Å². The van der Waals surface area contributed by atoms with Gasteiger partial charge in [0.1, 0.15) is 0 Å². The number of carbonyl (C=O) groups excluding carboxylic acids is 1. The van der Waals surface area contributed by atoms with Crippen molar-refractivity contribution >= 4 is 38.7 Å². The fraction of sp³-hybridized carbons (Fsp3) is 0.364. The third-order valence-electron chi connectivity index (χ3n) is 5.32. The number of piperazine rings is 1. The smallest absolute Gasteiger partial charge is 0.222 e. The van der Waals surface area contributed by atoms with Crippen LogP contribution in [0, 0.1) is 0 Å². The number of H-pyrrole nitrogens is 1. The van der Waals surface area contributed by atoms with Gasteiger partial charge in [-0.2, -0.15) is 4.31 Å². The molecule has 0 bridgehead atoms. The molecule has 1 aliphatic rings. The highest BCUT2D eigenvalue weighted by Gasteiger charge is 2.28. The maximum atomic E-state index is 12.7. The molecule has 0 atom stereocenters. The van der Waals surface area contributed by atoms with Crippen molar-refractivity contribution in [2.24, 2.45) is 0 Å². The highest BCUT2D eigenvalue weighted by molar-refractivity contribution is 7.99. The van der Waals surface area contributed by atoms with E-state index in [1.807, 2.05) is 54.6 Å². The first-order valence-corrected chi connectivity index (χ1v) is 13.0. The quantitative estimate of drug-likeness (QED) is 0.414. The Morgan fingerprint density at radius 2 is 1.71 bits per heavy atom. The van der Waals surface area contributed by atoms with Gasteiger partial charge in [-0.3, -0.25) is 4.79 Å². The lowest BCUT2D eigenvalue weighted by atomic mass is 10.2. The lowest BCUT2D eigenvalue weighted by Gasteiger charge is -2.34. The van der Waals surface area contributed by atoms with Crippen LogP contribution in [0.25, 0.3) is 11.0 Å². The molecule has 0 radical (unpaired) electrons. The van der Waals surface area contributed by atoms with Gasteiger partial charge < -0.3 is 9.88 Å². The zero-order valence-electron chi connectivity index (χ0n) is 17.2. The molecule has 31 heavy (non-hydrogen) atoms. The molecule has 1 N–H and O–H groups in total. The summed E-state index contributed by atoms with van der Waals surface area (Å²) in [4.78, 5) is 22.1. The van der Waals surface area contributed by atoms with Crippen molar-refractivity contribution in [2.45, 2.75) is 23.8 Å². The average molecular weight is 459 g/mol. The van der Waals surface area contributed by atoms with Gasteiger partial charge in [0.15, 0.2) is 5.16 Å². The Balaban J connectivity index is 1.19.